The molecule has 0 atom stereocenters. The Morgan fingerprint density at radius 3 is 2.03 bits per heavy atom. The van der Waals surface area contributed by atoms with E-state index in [1.165, 1.54) is 23.3 Å². The molecule has 0 fully saturated rings. The lowest BCUT2D eigenvalue weighted by Gasteiger charge is -2.18. The minimum atomic E-state index is -0.530. The van der Waals surface area contributed by atoms with Crippen molar-refractivity contribution < 1.29 is 14.5 Å². The maximum absolute atomic E-state index is 12.1. The highest BCUT2D eigenvalue weighted by Gasteiger charge is 2.16. The number of ether oxygens (including phenoxy) is 1. The van der Waals surface area contributed by atoms with E-state index in [1.807, 2.05) is 36.4 Å². The molecule has 0 aliphatic rings. The second-order valence-electron chi connectivity index (χ2n) is 6.53. The molecule has 0 bridgehead atoms. The first-order chi connectivity index (χ1) is 14.1. The monoisotopic (exact) mass is 390 g/mol. The molecule has 0 aromatic heterocycles. The summed E-state index contributed by atoms with van der Waals surface area (Å²) in [5, 5.41) is 13.8. The molecule has 148 valence electrons. The van der Waals surface area contributed by atoms with Gasteiger partial charge in [0.1, 0.15) is 0 Å². The molecular formula is C23H22N2O4. The van der Waals surface area contributed by atoms with Crippen molar-refractivity contribution in [2.75, 3.05) is 13.2 Å². The molecule has 29 heavy (non-hydrogen) atoms. The van der Waals surface area contributed by atoms with Crippen LogP contribution in [0, 0.1) is 10.1 Å². The maximum atomic E-state index is 12.1. The first-order valence-corrected chi connectivity index (χ1v) is 9.38. The van der Waals surface area contributed by atoms with Gasteiger partial charge >= 0.3 is 5.69 Å². The van der Waals surface area contributed by atoms with Crippen LogP contribution in [0.15, 0.2) is 84.9 Å². The van der Waals surface area contributed by atoms with E-state index in [0.717, 1.165) is 6.42 Å². The molecule has 0 saturated heterocycles. The lowest BCUT2D eigenvalue weighted by atomic mass is 9.88. The Balaban J connectivity index is 1.56. The van der Waals surface area contributed by atoms with Gasteiger partial charge in [-0.1, -0.05) is 72.8 Å². The highest BCUT2D eigenvalue weighted by molar-refractivity contribution is 5.77. The third-order valence-electron chi connectivity index (χ3n) is 4.58. The van der Waals surface area contributed by atoms with Gasteiger partial charge in [-0.2, -0.15) is 0 Å². The summed E-state index contributed by atoms with van der Waals surface area (Å²) >= 11 is 0. The summed E-state index contributed by atoms with van der Waals surface area (Å²) in [5.41, 5.74) is 2.21. The van der Waals surface area contributed by atoms with Crippen LogP contribution in [0.2, 0.25) is 0 Å². The number of rotatable bonds is 9. The number of nitrogens with one attached hydrogen (secondary N) is 1. The maximum Gasteiger partial charge on any atom is 0.310 e. The van der Waals surface area contributed by atoms with Crippen LogP contribution in [0.1, 0.15) is 23.5 Å². The number of carbonyl (C=O) groups excluding carboxylic acids is 1. The zero-order valence-corrected chi connectivity index (χ0v) is 15.9. The van der Waals surface area contributed by atoms with E-state index < -0.39 is 4.92 Å². The Hall–Kier alpha value is -3.67. The largest absolute Gasteiger partial charge is 0.477 e. The number of amides is 1. The van der Waals surface area contributed by atoms with Crippen molar-refractivity contribution in [1.82, 2.24) is 5.32 Å². The molecule has 0 aliphatic heterocycles. The number of carbonyl (C=O) groups is 1. The van der Waals surface area contributed by atoms with Crippen molar-refractivity contribution in [2.24, 2.45) is 0 Å². The van der Waals surface area contributed by atoms with Gasteiger partial charge < -0.3 is 10.1 Å². The molecule has 1 N–H and O–H groups in total. The second-order valence-corrected chi connectivity index (χ2v) is 6.53. The van der Waals surface area contributed by atoms with E-state index >= 15 is 0 Å². The van der Waals surface area contributed by atoms with Crippen molar-refractivity contribution in [3.63, 3.8) is 0 Å². The fourth-order valence-electron chi connectivity index (χ4n) is 3.18. The zero-order chi connectivity index (χ0) is 20.5. The summed E-state index contributed by atoms with van der Waals surface area (Å²) in [6.45, 7) is 0.194. The van der Waals surface area contributed by atoms with Gasteiger partial charge in [0.2, 0.25) is 0 Å². The number of benzene rings is 3. The molecule has 0 unspecified atom stereocenters. The van der Waals surface area contributed by atoms with Gasteiger partial charge in [-0.15, -0.1) is 0 Å². The van der Waals surface area contributed by atoms with Gasteiger partial charge in [0, 0.05) is 18.5 Å². The molecule has 0 spiro atoms. The summed E-state index contributed by atoms with van der Waals surface area (Å²) < 4.78 is 5.33. The minimum Gasteiger partial charge on any atom is -0.477 e. The number of nitro benzene ring substituents is 1. The Morgan fingerprint density at radius 2 is 1.45 bits per heavy atom. The quantitative estimate of drug-likeness (QED) is 0.436. The molecule has 3 aromatic carbocycles. The van der Waals surface area contributed by atoms with Crippen LogP contribution in [-0.2, 0) is 4.79 Å². The van der Waals surface area contributed by atoms with Gasteiger partial charge in [0.15, 0.2) is 12.4 Å². The van der Waals surface area contributed by atoms with Crippen molar-refractivity contribution in [2.45, 2.75) is 12.3 Å². The van der Waals surface area contributed by atoms with Gasteiger partial charge in [-0.3, -0.25) is 14.9 Å². The molecule has 0 saturated carbocycles. The molecular weight excluding hydrogens is 368 g/mol. The van der Waals surface area contributed by atoms with Crippen molar-refractivity contribution in [1.29, 1.82) is 0 Å². The average Bonchev–Trinajstić information content (AvgIpc) is 2.76. The van der Waals surface area contributed by atoms with Crippen molar-refractivity contribution in [3.8, 4) is 5.75 Å². The Bertz CT molecular complexity index is 906. The van der Waals surface area contributed by atoms with Crippen LogP contribution in [0.5, 0.6) is 5.75 Å². The van der Waals surface area contributed by atoms with E-state index in [1.54, 1.807) is 12.1 Å². The molecule has 3 rings (SSSR count). The van der Waals surface area contributed by atoms with Crippen LogP contribution < -0.4 is 10.1 Å². The van der Waals surface area contributed by atoms with Crippen LogP contribution in [0.4, 0.5) is 5.69 Å². The van der Waals surface area contributed by atoms with E-state index in [9.17, 15) is 14.9 Å². The van der Waals surface area contributed by atoms with Crippen molar-refractivity contribution >= 4 is 11.6 Å². The predicted octanol–water partition coefficient (Wildman–Crippen LogP) is 4.31. The zero-order valence-electron chi connectivity index (χ0n) is 15.9. The highest BCUT2D eigenvalue weighted by Crippen LogP contribution is 2.27. The number of hydrogen-bond donors (Lipinski definition) is 1. The Kier molecular flexibility index (Phi) is 6.95. The summed E-state index contributed by atoms with van der Waals surface area (Å²) in [4.78, 5) is 22.6. The number of para-hydroxylation sites is 2. The van der Waals surface area contributed by atoms with E-state index in [0.29, 0.717) is 6.54 Å². The SMILES string of the molecule is O=C(COc1ccccc1[N+](=O)[O-])NCCC(c1ccccc1)c1ccccc1. The first kappa shape index (κ1) is 20.1. The van der Waals surface area contributed by atoms with Gasteiger partial charge in [0.05, 0.1) is 4.92 Å². The number of nitrogens with zero attached hydrogens (tertiary/aromatic N) is 1. The molecule has 0 heterocycles. The molecule has 6 nitrogen and oxygen atoms in total. The van der Waals surface area contributed by atoms with Gasteiger partial charge in [0.25, 0.3) is 5.91 Å². The normalized spacial score (nSPS) is 10.5. The highest BCUT2D eigenvalue weighted by atomic mass is 16.6. The number of nitro groups is 1. The molecule has 3 aromatic rings. The fraction of sp³-hybridized carbons (Fsp3) is 0.174. The van der Waals surface area contributed by atoms with Crippen LogP contribution in [0.3, 0.4) is 0 Å². The summed E-state index contributed by atoms with van der Waals surface area (Å²) in [6, 6.07) is 26.3. The first-order valence-electron chi connectivity index (χ1n) is 9.38. The molecule has 0 aliphatic carbocycles. The standard InChI is InChI=1S/C23H22N2O4/c26-23(17-29-22-14-8-7-13-21(22)25(27)28)24-16-15-20(18-9-3-1-4-10-18)19-11-5-2-6-12-19/h1-14,20H,15-17H2,(H,24,26). The lowest BCUT2D eigenvalue weighted by Crippen LogP contribution is -2.30. The number of hydrogen-bond acceptors (Lipinski definition) is 4. The van der Waals surface area contributed by atoms with E-state index in [2.05, 4.69) is 29.6 Å². The third-order valence-corrected chi connectivity index (χ3v) is 4.58. The van der Waals surface area contributed by atoms with Gasteiger partial charge in [-0.05, 0) is 23.6 Å². The minimum absolute atomic E-state index is 0.0825. The molecule has 0 radical (unpaired) electrons. The van der Waals surface area contributed by atoms with Gasteiger partial charge in [-0.25, -0.2) is 0 Å². The van der Waals surface area contributed by atoms with Crippen LogP contribution >= 0.6 is 0 Å². The summed E-state index contributed by atoms with van der Waals surface area (Å²) in [5.74, 6) is -0.0732. The fourth-order valence-corrected chi connectivity index (χ4v) is 3.18. The van der Waals surface area contributed by atoms with E-state index in [-0.39, 0.29) is 29.9 Å². The third kappa shape index (κ3) is 5.65. The van der Waals surface area contributed by atoms with E-state index in [4.69, 9.17) is 4.74 Å². The molecule has 1 amide bonds. The molecule has 6 heteroatoms. The topological polar surface area (TPSA) is 81.5 Å². The van der Waals surface area contributed by atoms with Crippen molar-refractivity contribution in [3.05, 3.63) is 106 Å². The van der Waals surface area contributed by atoms with Crippen LogP contribution in [0.25, 0.3) is 0 Å². The average molecular weight is 390 g/mol. The smallest absolute Gasteiger partial charge is 0.310 e. The van der Waals surface area contributed by atoms with Crippen LogP contribution in [-0.4, -0.2) is 24.0 Å². The Morgan fingerprint density at radius 1 is 0.897 bits per heavy atom. The summed E-state index contributed by atoms with van der Waals surface area (Å²) in [7, 11) is 0. The lowest BCUT2D eigenvalue weighted by molar-refractivity contribution is -0.385. The second kappa shape index (κ2) is 10.0. The Labute approximate surface area is 169 Å². The summed E-state index contributed by atoms with van der Waals surface area (Å²) in [6.07, 6.45) is 0.727. The predicted molar refractivity (Wildman–Crippen MR) is 111 cm³/mol.